The Kier molecular flexibility index (Phi) is 7.06. The van der Waals surface area contributed by atoms with E-state index in [2.05, 4.69) is 32.0 Å². The van der Waals surface area contributed by atoms with Gasteiger partial charge in [0.05, 0.1) is 5.75 Å². The summed E-state index contributed by atoms with van der Waals surface area (Å²) in [7, 11) is 0. The second-order valence-corrected chi connectivity index (χ2v) is 9.18. The second-order valence-electron chi connectivity index (χ2n) is 8.24. The minimum atomic E-state index is -0.142. The molecule has 164 valence electrons. The summed E-state index contributed by atoms with van der Waals surface area (Å²) in [5.41, 5.74) is 1.17. The monoisotopic (exact) mass is 439 g/mol. The van der Waals surface area contributed by atoms with E-state index in [1.165, 1.54) is 31.0 Å². The molecule has 2 N–H and O–H groups in total. The van der Waals surface area contributed by atoms with Crippen molar-refractivity contribution in [1.82, 2.24) is 20.1 Å². The third kappa shape index (κ3) is 5.76. The standard InChI is InChI=1S/C23H29N5O2S/c1-2-13-28-21(16-7-4-3-5-8-16)26-27-23(28)31-15-20(29)24-19-10-6-9-17(14-19)22(30)25-18-11-12-18/h2,6,9-10,14,16,18H,1,3-5,7-8,11-13,15H2,(H,24,29)(H,25,30). The van der Waals surface area contributed by atoms with Crippen LogP contribution in [0, 0.1) is 0 Å². The Morgan fingerprint density at radius 1 is 1.16 bits per heavy atom. The number of allylic oxidation sites excluding steroid dienone is 1. The number of benzene rings is 1. The zero-order valence-electron chi connectivity index (χ0n) is 17.7. The Balaban J connectivity index is 1.36. The molecule has 2 saturated carbocycles. The van der Waals surface area contributed by atoms with Crippen molar-refractivity contribution in [3.63, 3.8) is 0 Å². The third-order valence-electron chi connectivity index (χ3n) is 5.68. The summed E-state index contributed by atoms with van der Waals surface area (Å²) >= 11 is 1.38. The lowest BCUT2D eigenvalue weighted by atomic mass is 9.89. The largest absolute Gasteiger partial charge is 0.349 e. The summed E-state index contributed by atoms with van der Waals surface area (Å²) in [6, 6.07) is 7.34. The van der Waals surface area contributed by atoms with Crippen molar-refractivity contribution in [3.8, 4) is 0 Å². The van der Waals surface area contributed by atoms with E-state index in [-0.39, 0.29) is 17.6 Å². The summed E-state index contributed by atoms with van der Waals surface area (Å²) in [6.07, 6.45) is 9.96. The molecule has 0 bridgehead atoms. The van der Waals surface area contributed by atoms with E-state index >= 15 is 0 Å². The van der Waals surface area contributed by atoms with Gasteiger partial charge in [0.2, 0.25) is 5.91 Å². The third-order valence-corrected chi connectivity index (χ3v) is 6.65. The van der Waals surface area contributed by atoms with Gasteiger partial charge >= 0.3 is 0 Å². The molecule has 1 aromatic heterocycles. The van der Waals surface area contributed by atoms with Crippen molar-refractivity contribution in [2.75, 3.05) is 11.1 Å². The molecule has 2 aromatic rings. The molecule has 2 amide bonds. The number of nitrogens with one attached hydrogen (secondary N) is 2. The fraction of sp³-hybridized carbons (Fsp3) is 0.478. The highest BCUT2D eigenvalue weighted by atomic mass is 32.2. The summed E-state index contributed by atoms with van der Waals surface area (Å²) in [4.78, 5) is 24.7. The van der Waals surface area contributed by atoms with E-state index in [1.807, 2.05) is 6.08 Å². The summed E-state index contributed by atoms with van der Waals surface area (Å²) in [6.45, 7) is 4.50. The van der Waals surface area contributed by atoms with E-state index in [1.54, 1.807) is 24.3 Å². The van der Waals surface area contributed by atoms with E-state index in [0.717, 1.165) is 36.7 Å². The van der Waals surface area contributed by atoms with E-state index in [4.69, 9.17) is 0 Å². The molecule has 1 aromatic carbocycles. The van der Waals surface area contributed by atoms with E-state index in [9.17, 15) is 9.59 Å². The number of carbonyl (C=O) groups excluding carboxylic acids is 2. The quantitative estimate of drug-likeness (QED) is 0.453. The Hall–Kier alpha value is -2.61. The van der Waals surface area contributed by atoms with Crippen LogP contribution in [0.15, 0.2) is 42.1 Å². The lowest BCUT2D eigenvalue weighted by molar-refractivity contribution is -0.113. The number of anilines is 1. The fourth-order valence-electron chi connectivity index (χ4n) is 3.93. The van der Waals surface area contributed by atoms with Gasteiger partial charge in [0.25, 0.3) is 5.91 Å². The Labute approximate surface area is 187 Å². The first-order valence-corrected chi connectivity index (χ1v) is 12.0. The Morgan fingerprint density at radius 2 is 1.97 bits per heavy atom. The minimum Gasteiger partial charge on any atom is -0.349 e. The summed E-state index contributed by atoms with van der Waals surface area (Å²) in [5, 5.41) is 15.4. The van der Waals surface area contributed by atoms with Crippen LogP contribution >= 0.6 is 11.8 Å². The summed E-state index contributed by atoms with van der Waals surface area (Å²) in [5.74, 6) is 1.43. The summed E-state index contributed by atoms with van der Waals surface area (Å²) < 4.78 is 2.09. The maximum Gasteiger partial charge on any atom is 0.251 e. The zero-order valence-corrected chi connectivity index (χ0v) is 18.5. The fourth-order valence-corrected chi connectivity index (χ4v) is 4.69. The number of hydrogen-bond acceptors (Lipinski definition) is 5. The number of amides is 2. The number of aromatic nitrogens is 3. The highest BCUT2D eigenvalue weighted by Gasteiger charge is 2.24. The van der Waals surface area contributed by atoms with Gasteiger partial charge in [-0.1, -0.05) is 43.2 Å². The molecular formula is C23H29N5O2S. The zero-order chi connectivity index (χ0) is 21.6. The molecule has 0 aliphatic heterocycles. The van der Waals surface area contributed by atoms with Crippen molar-refractivity contribution in [3.05, 3.63) is 48.3 Å². The highest BCUT2D eigenvalue weighted by Crippen LogP contribution is 2.33. The number of carbonyl (C=O) groups is 2. The van der Waals surface area contributed by atoms with Crippen LogP contribution in [-0.4, -0.2) is 38.4 Å². The van der Waals surface area contributed by atoms with Crippen molar-refractivity contribution < 1.29 is 9.59 Å². The van der Waals surface area contributed by atoms with Gasteiger partial charge in [-0.2, -0.15) is 0 Å². The van der Waals surface area contributed by atoms with Gasteiger partial charge in [0.1, 0.15) is 5.82 Å². The maximum absolute atomic E-state index is 12.5. The van der Waals surface area contributed by atoms with Crippen LogP contribution in [0.1, 0.15) is 67.0 Å². The molecule has 7 nitrogen and oxygen atoms in total. The lowest BCUT2D eigenvalue weighted by Crippen LogP contribution is -2.25. The molecule has 2 aliphatic rings. The van der Waals surface area contributed by atoms with Crippen molar-refractivity contribution in [2.24, 2.45) is 0 Å². The predicted molar refractivity (Wildman–Crippen MR) is 122 cm³/mol. The number of thioether (sulfide) groups is 1. The predicted octanol–water partition coefficient (Wildman–Crippen LogP) is 4.13. The van der Waals surface area contributed by atoms with E-state index < -0.39 is 0 Å². The highest BCUT2D eigenvalue weighted by molar-refractivity contribution is 7.99. The van der Waals surface area contributed by atoms with E-state index in [0.29, 0.717) is 29.8 Å². The smallest absolute Gasteiger partial charge is 0.251 e. The maximum atomic E-state index is 12.5. The van der Waals surface area contributed by atoms with Gasteiger partial charge in [0.15, 0.2) is 5.16 Å². The number of rotatable bonds is 9. The molecular weight excluding hydrogens is 410 g/mol. The normalized spacial score (nSPS) is 16.6. The van der Waals surface area contributed by atoms with Crippen molar-refractivity contribution in [1.29, 1.82) is 0 Å². The topological polar surface area (TPSA) is 88.9 Å². The molecule has 8 heteroatoms. The Bertz CT molecular complexity index is 947. The lowest BCUT2D eigenvalue weighted by Gasteiger charge is -2.21. The SMILES string of the molecule is C=CCn1c(SCC(=O)Nc2cccc(C(=O)NC3CC3)c2)nnc1C1CCCCC1. The van der Waals surface area contributed by atoms with Crippen LogP contribution in [0.4, 0.5) is 5.69 Å². The van der Waals surface area contributed by atoms with Crippen molar-refractivity contribution >= 4 is 29.3 Å². The van der Waals surface area contributed by atoms with Crippen LogP contribution < -0.4 is 10.6 Å². The molecule has 0 saturated heterocycles. The van der Waals surface area contributed by atoms with Crippen LogP contribution in [0.25, 0.3) is 0 Å². The number of hydrogen-bond donors (Lipinski definition) is 2. The average molecular weight is 440 g/mol. The van der Waals surface area contributed by atoms with Crippen LogP contribution in [0.2, 0.25) is 0 Å². The molecule has 0 atom stereocenters. The van der Waals surface area contributed by atoms with Gasteiger partial charge < -0.3 is 15.2 Å². The molecule has 0 unspecified atom stereocenters. The first kappa shape index (κ1) is 21.6. The first-order chi connectivity index (χ1) is 15.1. The minimum absolute atomic E-state index is 0.0965. The second kappa shape index (κ2) is 10.1. The van der Waals surface area contributed by atoms with Gasteiger partial charge in [0, 0.05) is 29.8 Å². The molecule has 31 heavy (non-hydrogen) atoms. The molecule has 0 spiro atoms. The van der Waals surface area contributed by atoms with Gasteiger partial charge in [-0.25, -0.2) is 0 Å². The Morgan fingerprint density at radius 3 is 2.71 bits per heavy atom. The molecule has 2 aliphatic carbocycles. The van der Waals surface area contributed by atoms with Crippen LogP contribution in [0.3, 0.4) is 0 Å². The number of nitrogens with zero attached hydrogens (tertiary/aromatic N) is 3. The van der Waals surface area contributed by atoms with Crippen molar-refractivity contribution in [2.45, 2.75) is 68.6 Å². The molecule has 4 rings (SSSR count). The molecule has 0 radical (unpaired) electrons. The van der Waals surface area contributed by atoms with Crippen LogP contribution in [-0.2, 0) is 11.3 Å². The average Bonchev–Trinajstić information content (AvgIpc) is 3.51. The van der Waals surface area contributed by atoms with Gasteiger partial charge in [-0.05, 0) is 43.9 Å². The molecule has 1 heterocycles. The van der Waals surface area contributed by atoms with Gasteiger partial charge in [-0.3, -0.25) is 9.59 Å². The molecule has 2 fully saturated rings. The van der Waals surface area contributed by atoms with Gasteiger partial charge in [-0.15, -0.1) is 16.8 Å². The van der Waals surface area contributed by atoms with Crippen LogP contribution in [0.5, 0.6) is 0 Å². The first-order valence-electron chi connectivity index (χ1n) is 11.0.